The van der Waals surface area contributed by atoms with Gasteiger partial charge in [0.05, 0.1) is 6.54 Å². The maximum absolute atomic E-state index is 5.25. The van der Waals surface area contributed by atoms with Crippen molar-refractivity contribution in [1.82, 2.24) is 15.1 Å². The fourth-order valence-corrected chi connectivity index (χ4v) is 2.06. The molecule has 0 amide bonds. The number of rotatable bonds is 5. The molecular weight excluding hydrogens is 264 g/mol. The molecule has 0 fully saturated rings. The van der Waals surface area contributed by atoms with E-state index in [0.717, 1.165) is 11.3 Å². The molecule has 0 aliphatic rings. The Morgan fingerprint density at radius 2 is 2.05 bits per heavy atom. The van der Waals surface area contributed by atoms with Gasteiger partial charge in [0.25, 0.3) is 0 Å². The minimum Gasteiger partial charge on any atom is -0.376 e. The van der Waals surface area contributed by atoms with Crippen molar-refractivity contribution in [3.8, 4) is 0 Å². The number of aryl methyl sites for hydroxylation is 1. The van der Waals surface area contributed by atoms with Gasteiger partial charge < -0.3 is 9.84 Å². The minimum atomic E-state index is 0.519. The Morgan fingerprint density at radius 1 is 1.14 bits per heavy atom. The summed E-state index contributed by atoms with van der Waals surface area (Å²) in [6.07, 6.45) is 4.18. The minimum absolute atomic E-state index is 0.519. The van der Waals surface area contributed by atoms with Gasteiger partial charge >= 0.3 is 0 Å². The zero-order valence-corrected chi connectivity index (χ0v) is 11.8. The molecule has 0 unspecified atom stereocenters. The van der Waals surface area contributed by atoms with Crippen LogP contribution in [0.25, 0.3) is 0 Å². The van der Waals surface area contributed by atoms with E-state index in [-0.39, 0.29) is 0 Å². The topological polar surface area (TPSA) is 63.8 Å². The van der Waals surface area contributed by atoms with Gasteiger partial charge in [0.1, 0.15) is 0 Å². The third-order valence-corrected chi connectivity index (χ3v) is 3.17. The summed E-state index contributed by atoms with van der Waals surface area (Å²) in [6.45, 7) is 2.58. The van der Waals surface area contributed by atoms with Gasteiger partial charge in [-0.2, -0.15) is 4.98 Å². The molecule has 3 rings (SSSR count). The van der Waals surface area contributed by atoms with E-state index >= 15 is 0 Å². The monoisotopic (exact) mass is 280 g/mol. The van der Waals surface area contributed by atoms with Crippen LogP contribution < -0.4 is 5.32 Å². The normalized spacial score (nSPS) is 10.5. The molecule has 106 valence electrons. The molecule has 3 aromatic rings. The van der Waals surface area contributed by atoms with Gasteiger partial charge in [-0.1, -0.05) is 29.4 Å². The van der Waals surface area contributed by atoms with Crippen molar-refractivity contribution in [2.45, 2.75) is 19.9 Å². The van der Waals surface area contributed by atoms with Crippen molar-refractivity contribution in [2.24, 2.45) is 0 Å². The third kappa shape index (κ3) is 3.45. The molecule has 0 bridgehead atoms. The van der Waals surface area contributed by atoms with Crippen LogP contribution in [0.5, 0.6) is 0 Å². The van der Waals surface area contributed by atoms with Crippen LogP contribution in [-0.2, 0) is 13.0 Å². The van der Waals surface area contributed by atoms with Crippen molar-refractivity contribution in [2.75, 3.05) is 5.32 Å². The fraction of sp³-hybridized carbons (Fsp3) is 0.188. The van der Waals surface area contributed by atoms with E-state index in [1.54, 1.807) is 6.20 Å². The first-order chi connectivity index (χ1) is 10.3. The largest absolute Gasteiger partial charge is 0.376 e. The maximum Gasteiger partial charge on any atom is 0.245 e. The first-order valence-corrected chi connectivity index (χ1v) is 6.81. The highest BCUT2D eigenvalue weighted by Crippen LogP contribution is 2.14. The summed E-state index contributed by atoms with van der Waals surface area (Å²) in [4.78, 5) is 8.46. The molecule has 0 aliphatic carbocycles. The van der Waals surface area contributed by atoms with E-state index in [0.29, 0.717) is 24.7 Å². The molecule has 0 atom stereocenters. The zero-order valence-electron chi connectivity index (χ0n) is 11.8. The predicted octanol–water partition coefficient (Wildman–Crippen LogP) is 2.98. The van der Waals surface area contributed by atoms with E-state index in [9.17, 15) is 0 Å². The summed E-state index contributed by atoms with van der Waals surface area (Å²) in [5.74, 6) is 1.25. The van der Waals surface area contributed by atoms with Crippen LogP contribution in [0.4, 0.5) is 5.69 Å². The van der Waals surface area contributed by atoms with E-state index in [1.165, 1.54) is 5.56 Å². The molecule has 21 heavy (non-hydrogen) atoms. The van der Waals surface area contributed by atoms with Crippen molar-refractivity contribution < 1.29 is 4.52 Å². The number of benzene rings is 1. The van der Waals surface area contributed by atoms with Crippen LogP contribution in [0.1, 0.15) is 22.8 Å². The number of nitrogens with zero attached hydrogens (tertiary/aromatic N) is 3. The van der Waals surface area contributed by atoms with E-state index in [1.807, 2.05) is 36.5 Å². The van der Waals surface area contributed by atoms with Crippen LogP contribution in [0.2, 0.25) is 0 Å². The second-order valence-electron chi connectivity index (χ2n) is 4.81. The van der Waals surface area contributed by atoms with Gasteiger partial charge in [0, 0.05) is 24.5 Å². The fourth-order valence-electron chi connectivity index (χ4n) is 2.06. The SMILES string of the molecule is Cc1ccccc1NCc1nc(Cc2cccnc2)no1. The van der Waals surface area contributed by atoms with Crippen molar-refractivity contribution in [1.29, 1.82) is 0 Å². The summed E-state index contributed by atoms with van der Waals surface area (Å²) < 4.78 is 5.25. The molecule has 5 heteroatoms. The number of aromatic nitrogens is 3. The zero-order chi connectivity index (χ0) is 14.5. The lowest BCUT2D eigenvalue weighted by molar-refractivity contribution is 0.378. The number of nitrogens with one attached hydrogen (secondary N) is 1. The van der Waals surface area contributed by atoms with E-state index in [4.69, 9.17) is 4.52 Å². The molecule has 2 heterocycles. The average Bonchev–Trinajstić information content (AvgIpc) is 2.95. The molecule has 2 aromatic heterocycles. The molecule has 0 saturated carbocycles. The Labute approximate surface area is 123 Å². The highest BCUT2D eigenvalue weighted by Gasteiger charge is 2.07. The summed E-state index contributed by atoms with van der Waals surface area (Å²) >= 11 is 0. The number of para-hydroxylation sites is 1. The third-order valence-electron chi connectivity index (χ3n) is 3.17. The van der Waals surface area contributed by atoms with Gasteiger partial charge in [-0.25, -0.2) is 0 Å². The molecule has 0 aliphatic heterocycles. The molecule has 0 spiro atoms. The number of anilines is 1. The Morgan fingerprint density at radius 3 is 2.86 bits per heavy atom. The van der Waals surface area contributed by atoms with Gasteiger partial charge in [-0.05, 0) is 30.2 Å². The quantitative estimate of drug-likeness (QED) is 0.778. The number of pyridine rings is 1. The van der Waals surface area contributed by atoms with Gasteiger partial charge in [0.15, 0.2) is 5.82 Å². The van der Waals surface area contributed by atoms with Gasteiger partial charge in [-0.15, -0.1) is 0 Å². The number of hydrogen-bond acceptors (Lipinski definition) is 5. The Balaban J connectivity index is 1.62. The Bertz CT molecular complexity index is 709. The second kappa shape index (κ2) is 6.17. The van der Waals surface area contributed by atoms with Crippen LogP contribution in [0.3, 0.4) is 0 Å². The Hall–Kier alpha value is -2.69. The lowest BCUT2D eigenvalue weighted by atomic mass is 10.2. The van der Waals surface area contributed by atoms with Crippen LogP contribution in [-0.4, -0.2) is 15.1 Å². The standard InChI is InChI=1S/C16H16N4O/c1-12-5-2-3-7-14(12)18-11-16-19-15(20-21-16)9-13-6-4-8-17-10-13/h2-8,10,18H,9,11H2,1H3. The summed E-state index contributed by atoms with van der Waals surface area (Å²) in [5.41, 5.74) is 3.33. The van der Waals surface area contributed by atoms with Crippen LogP contribution in [0.15, 0.2) is 53.3 Å². The maximum atomic E-state index is 5.25. The second-order valence-corrected chi connectivity index (χ2v) is 4.81. The first-order valence-electron chi connectivity index (χ1n) is 6.81. The van der Waals surface area contributed by atoms with Gasteiger partial charge in [0.2, 0.25) is 5.89 Å². The Kier molecular flexibility index (Phi) is 3.91. The van der Waals surface area contributed by atoms with Crippen LogP contribution >= 0.6 is 0 Å². The average molecular weight is 280 g/mol. The lowest BCUT2D eigenvalue weighted by Gasteiger charge is -2.05. The molecule has 0 radical (unpaired) electrons. The molecule has 0 saturated heterocycles. The predicted molar refractivity (Wildman–Crippen MR) is 79.8 cm³/mol. The summed E-state index contributed by atoms with van der Waals surface area (Å²) in [6, 6.07) is 12.0. The van der Waals surface area contributed by atoms with Crippen LogP contribution in [0, 0.1) is 6.92 Å². The molecule has 1 N–H and O–H groups in total. The van der Waals surface area contributed by atoms with Crippen molar-refractivity contribution in [3.05, 3.63) is 71.6 Å². The van der Waals surface area contributed by atoms with E-state index < -0.39 is 0 Å². The number of hydrogen-bond donors (Lipinski definition) is 1. The van der Waals surface area contributed by atoms with Gasteiger partial charge in [-0.3, -0.25) is 4.98 Å². The van der Waals surface area contributed by atoms with E-state index in [2.05, 4.69) is 33.4 Å². The molecule has 5 nitrogen and oxygen atoms in total. The summed E-state index contributed by atoms with van der Waals surface area (Å²) in [7, 11) is 0. The molecular formula is C16H16N4O. The highest BCUT2D eigenvalue weighted by molar-refractivity contribution is 5.50. The lowest BCUT2D eigenvalue weighted by Crippen LogP contribution is -2.01. The summed E-state index contributed by atoms with van der Waals surface area (Å²) in [5, 5.41) is 7.29. The smallest absolute Gasteiger partial charge is 0.245 e. The molecule has 1 aromatic carbocycles. The highest BCUT2D eigenvalue weighted by atomic mass is 16.5. The van der Waals surface area contributed by atoms with Crippen molar-refractivity contribution >= 4 is 5.69 Å². The first kappa shape index (κ1) is 13.3. The van der Waals surface area contributed by atoms with Crippen molar-refractivity contribution in [3.63, 3.8) is 0 Å².